The molecule has 0 spiro atoms. The Morgan fingerprint density at radius 2 is 1.92 bits per heavy atom. The number of fused-ring (bicyclic) bond motifs is 1. The summed E-state index contributed by atoms with van der Waals surface area (Å²) < 4.78 is 1.76. The zero-order valence-corrected chi connectivity index (χ0v) is 15.7. The first kappa shape index (κ1) is 16.8. The van der Waals surface area contributed by atoms with Crippen molar-refractivity contribution < 1.29 is 4.79 Å². The number of hydrogen-bond donors (Lipinski definition) is 1. The van der Waals surface area contributed by atoms with Gasteiger partial charge in [-0.15, -0.1) is 16.4 Å². The number of benzene rings is 2. The molecule has 1 N–H and O–H groups in total. The van der Waals surface area contributed by atoms with Crippen LogP contribution in [0.5, 0.6) is 0 Å². The van der Waals surface area contributed by atoms with Gasteiger partial charge in [-0.05, 0) is 43.7 Å². The fourth-order valence-corrected chi connectivity index (χ4v) is 3.74. The first-order valence-electron chi connectivity index (χ1n) is 8.00. The second-order valence-corrected chi connectivity index (χ2v) is 7.30. The molecular formula is C19H15ClN4OS. The number of carbonyl (C=O) groups is 1. The molecule has 4 rings (SSSR count). The zero-order valence-electron chi connectivity index (χ0n) is 14.2. The van der Waals surface area contributed by atoms with Crippen molar-refractivity contribution in [2.24, 2.45) is 0 Å². The second-order valence-electron chi connectivity index (χ2n) is 6.03. The molecule has 0 saturated heterocycles. The molecule has 2 aromatic carbocycles. The van der Waals surface area contributed by atoms with Gasteiger partial charge < -0.3 is 0 Å². The van der Waals surface area contributed by atoms with E-state index in [9.17, 15) is 4.79 Å². The molecule has 0 radical (unpaired) electrons. The molecule has 4 aromatic rings. The van der Waals surface area contributed by atoms with E-state index < -0.39 is 0 Å². The minimum Gasteiger partial charge on any atom is -0.289 e. The number of aryl methyl sites for hydroxylation is 2. The van der Waals surface area contributed by atoms with Crippen molar-refractivity contribution in [1.82, 2.24) is 14.6 Å². The maximum Gasteiger partial charge on any atom is 0.258 e. The molecule has 0 aliphatic rings. The van der Waals surface area contributed by atoms with Crippen LogP contribution >= 0.6 is 22.9 Å². The molecule has 26 heavy (non-hydrogen) atoms. The Hall–Kier alpha value is -2.70. The molecule has 0 aliphatic heterocycles. The fraction of sp³-hybridized carbons (Fsp3) is 0.105. The van der Waals surface area contributed by atoms with Gasteiger partial charge in [-0.3, -0.25) is 10.1 Å². The third-order valence-electron chi connectivity index (χ3n) is 4.07. The molecule has 0 bridgehead atoms. The molecule has 0 aliphatic carbocycles. The van der Waals surface area contributed by atoms with Gasteiger partial charge in [0.2, 0.25) is 4.96 Å². The lowest BCUT2D eigenvalue weighted by Crippen LogP contribution is -2.13. The fourth-order valence-electron chi connectivity index (χ4n) is 2.80. The van der Waals surface area contributed by atoms with Crippen LogP contribution < -0.4 is 5.32 Å². The quantitative estimate of drug-likeness (QED) is 0.543. The average Bonchev–Trinajstić information content (AvgIpc) is 3.16. The van der Waals surface area contributed by atoms with Crippen LogP contribution in [0.4, 0.5) is 5.95 Å². The van der Waals surface area contributed by atoms with Gasteiger partial charge in [-0.2, -0.15) is 4.98 Å². The first-order chi connectivity index (χ1) is 12.5. The van der Waals surface area contributed by atoms with Gasteiger partial charge in [-0.25, -0.2) is 4.52 Å². The summed E-state index contributed by atoms with van der Waals surface area (Å²) in [6.07, 6.45) is 0. The maximum atomic E-state index is 12.3. The minimum absolute atomic E-state index is 0.270. The number of hydrogen-bond acceptors (Lipinski definition) is 4. The van der Waals surface area contributed by atoms with Crippen molar-refractivity contribution in [1.29, 1.82) is 0 Å². The number of rotatable bonds is 3. The largest absolute Gasteiger partial charge is 0.289 e. The van der Waals surface area contributed by atoms with E-state index in [1.54, 1.807) is 28.8 Å². The Balaban J connectivity index is 1.65. The Labute approximate surface area is 159 Å². The van der Waals surface area contributed by atoms with Crippen molar-refractivity contribution in [2.45, 2.75) is 13.8 Å². The number of thiazole rings is 1. The number of aromatic nitrogens is 3. The first-order valence-corrected chi connectivity index (χ1v) is 9.26. The van der Waals surface area contributed by atoms with Crippen LogP contribution in [0.1, 0.15) is 21.5 Å². The molecule has 2 heterocycles. The van der Waals surface area contributed by atoms with Crippen molar-refractivity contribution in [2.75, 3.05) is 5.32 Å². The van der Waals surface area contributed by atoms with Crippen molar-refractivity contribution in [3.63, 3.8) is 0 Å². The Bertz CT molecular complexity index is 1110. The molecule has 0 atom stereocenters. The highest BCUT2D eigenvalue weighted by molar-refractivity contribution is 7.15. The van der Waals surface area contributed by atoms with Gasteiger partial charge in [0, 0.05) is 21.5 Å². The molecule has 2 aromatic heterocycles. The molecule has 1 amide bonds. The minimum atomic E-state index is -0.270. The molecule has 130 valence electrons. The van der Waals surface area contributed by atoms with Crippen LogP contribution in [0.25, 0.3) is 16.2 Å². The second kappa shape index (κ2) is 6.55. The molecule has 5 nitrogen and oxygen atoms in total. The third-order valence-corrected chi connectivity index (χ3v) is 5.14. The van der Waals surface area contributed by atoms with E-state index in [2.05, 4.69) is 47.4 Å². The SMILES string of the molecule is Cc1ccc(-c2csc3nc(NC(=O)c4ccc(Cl)cc4)nn23)c(C)c1. The van der Waals surface area contributed by atoms with E-state index in [4.69, 9.17) is 11.6 Å². The summed E-state index contributed by atoms with van der Waals surface area (Å²) in [7, 11) is 0. The summed E-state index contributed by atoms with van der Waals surface area (Å²) in [5.74, 6) is 0.0100. The lowest BCUT2D eigenvalue weighted by atomic mass is 10.0. The maximum absolute atomic E-state index is 12.3. The summed E-state index contributed by atoms with van der Waals surface area (Å²) >= 11 is 7.34. The Kier molecular flexibility index (Phi) is 4.22. The summed E-state index contributed by atoms with van der Waals surface area (Å²) in [6.45, 7) is 4.14. The van der Waals surface area contributed by atoms with Gasteiger partial charge in [0.1, 0.15) is 0 Å². The average molecular weight is 383 g/mol. The third kappa shape index (κ3) is 3.09. The molecule has 0 fully saturated rings. The monoisotopic (exact) mass is 382 g/mol. The van der Waals surface area contributed by atoms with Crippen molar-refractivity contribution in [3.05, 3.63) is 69.6 Å². The summed E-state index contributed by atoms with van der Waals surface area (Å²) in [5.41, 5.74) is 4.95. The summed E-state index contributed by atoms with van der Waals surface area (Å²) in [5, 5.41) is 9.80. The van der Waals surface area contributed by atoms with Gasteiger partial charge in [0.15, 0.2) is 0 Å². The highest BCUT2D eigenvalue weighted by Gasteiger charge is 2.15. The zero-order chi connectivity index (χ0) is 18.3. The van der Waals surface area contributed by atoms with E-state index >= 15 is 0 Å². The number of anilines is 1. The Morgan fingerprint density at radius 1 is 1.15 bits per heavy atom. The number of halogens is 1. The van der Waals surface area contributed by atoms with E-state index in [-0.39, 0.29) is 11.9 Å². The number of nitrogens with one attached hydrogen (secondary N) is 1. The van der Waals surface area contributed by atoms with E-state index in [0.29, 0.717) is 10.6 Å². The Morgan fingerprint density at radius 3 is 2.65 bits per heavy atom. The number of nitrogens with zero attached hydrogens (tertiary/aromatic N) is 3. The van der Waals surface area contributed by atoms with E-state index in [0.717, 1.165) is 16.2 Å². The molecule has 7 heteroatoms. The highest BCUT2D eigenvalue weighted by atomic mass is 35.5. The lowest BCUT2D eigenvalue weighted by molar-refractivity contribution is 0.102. The van der Waals surface area contributed by atoms with Crippen LogP contribution in [0.2, 0.25) is 5.02 Å². The smallest absolute Gasteiger partial charge is 0.258 e. The van der Waals surface area contributed by atoms with Crippen LogP contribution in [-0.2, 0) is 0 Å². The van der Waals surface area contributed by atoms with Gasteiger partial charge >= 0.3 is 0 Å². The van der Waals surface area contributed by atoms with Crippen LogP contribution in [-0.4, -0.2) is 20.5 Å². The highest BCUT2D eigenvalue weighted by Crippen LogP contribution is 2.29. The van der Waals surface area contributed by atoms with Crippen LogP contribution in [0.3, 0.4) is 0 Å². The van der Waals surface area contributed by atoms with Crippen molar-refractivity contribution >= 4 is 39.8 Å². The van der Waals surface area contributed by atoms with Gasteiger partial charge in [-0.1, -0.05) is 35.4 Å². The van der Waals surface area contributed by atoms with E-state index in [1.165, 1.54) is 22.5 Å². The topological polar surface area (TPSA) is 59.3 Å². The summed E-state index contributed by atoms with van der Waals surface area (Å²) in [4.78, 5) is 17.5. The molecular weight excluding hydrogens is 368 g/mol. The molecule has 0 unspecified atom stereocenters. The predicted molar refractivity (Wildman–Crippen MR) is 105 cm³/mol. The van der Waals surface area contributed by atoms with Crippen LogP contribution in [0.15, 0.2) is 47.8 Å². The van der Waals surface area contributed by atoms with Crippen molar-refractivity contribution in [3.8, 4) is 11.3 Å². The van der Waals surface area contributed by atoms with E-state index in [1.807, 2.05) is 5.38 Å². The number of amides is 1. The molecule has 0 saturated carbocycles. The number of carbonyl (C=O) groups excluding carboxylic acids is 1. The van der Waals surface area contributed by atoms with Gasteiger partial charge in [0.05, 0.1) is 5.69 Å². The van der Waals surface area contributed by atoms with Crippen LogP contribution in [0, 0.1) is 13.8 Å². The standard InChI is InChI=1S/C19H15ClN4OS/c1-11-3-8-15(12(2)9-11)16-10-26-19-22-18(23-24(16)19)21-17(25)13-4-6-14(20)7-5-13/h3-10H,1-2H3,(H,21,23,25). The summed E-state index contributed by atoms with van der Waals surface area (Å²) in [6, 6.07) is 13.0. The lowest BCUT2D eigenvalue weighted by Gasteiger charge is -2.05. The van der Waals surface area contributed by atoms with Gasteiger partial charge in [0.25, 0.3) is 11.9 Å². The normalized spacial score (nSPS) is 11.0. The predicted octanol–water partition coefficient (Wildman–Crippen LogP) is 4.98.